The molecule has 0 bridgehead atoms. The maximum Gasteiger partial charge on any atom is 0.229 e. The molecule has 8 heteroatoms. The highest BCUT2D eigenvalue weighted by atomic mass is 16.6. The zero-order valence-electron chi connectivity index (χ0n) is 15.7. The number of ether oxygens (including phenoxy) is 4. The molecule has 2 aromatic carbocycles. The number of nitrogens with zero attached hydrogens (tertiary/aromatic N) is 1. The first-order valence-electron chi connectivity index (χ1n) is 9.58. The van der Waals surface area contributed by atoms with E-state index in [-0.39, 0.29) is 18.2 Å². The number of benzene rings is 2. The molecule has 0 aliphatic carbocycles. The molecule has 0 spiro atoms. The Labute approximate surface area is 167 Å². The van der Waals surface area contributed by atoms with E-state index < -0.39 is 5.92 Å². The van der Waals surface area contributed by atoms with Crippen LogP contribution in [0.5, 0.6) is 23.0 Å². The molecule has 1 saturated heterocycles. The Morgan fingerprint density at radius 3 is 2.21 bits per heavy atom. The molecule has 2 amide bonds. The second kappa shape index (κ2) is 7.20. The fourth-order valence-electron chi connectivity index (χ4n) is 3.70. The first-order valence-corrected chi connectivity index (χ1v) is 9.58. The molecule has 0 radical (unpaired) electrons. The van der Waals surface area contributed by atoms with E-state index in [1.807, 2.05) is 6.07 Å². The van der Waals surface area contributed by atoms with Gasteiger partial charge in [-0.1, -0.05) is 0 Å². The average Bonchev–Trinajstić information content (AvgIpc) is 3.15. The number of rotatable bonds is 3. The second-order valence-corrected chi connectivity index (χ2v) is 7.08. The molecule has 0 aromatic heterocycles. The van der Waals surface area contributed by atoms with Crippen LogP contribution in [0.3, 0.4) is 0 Å². The third kappa shape index (κ3) is 3.41. The lowest BCUT2D eigenvalue weighted by molar-refractivity contribution is -0.122. The zero-order valence-corrected chi connectivity index (χ0v) is 15.7. The normalized spacial score (nSPS) is 19.8. The Balaban J connectivity index is 1.28. The molecular weight excluding hydrogens is 376 g/mol. The lowest BCUT2D eigenvalue weighted by Crippen LogP contribution is -2.28. The van der Waals surface area contributed by atoms with Gasteiger partial charge in [0.2, 0.25) is 11.8 Å². The van der Waals surface area contributed by atoms with Crippen molar-refractivity contribution in [3.63, 3.8) is 0 Å². The van der Waals surface area contributed by atoms with Crippen molar-refractivity contribution in [2.75, 3.05) is 43.2 Å². The highest BCUT2D eigenvalue weighted by molar-refractivity contribution is 6.03. The molecule has 2 aromatic rings. The molecule has 3 aliphatic rings. The topological polar surface area (TPSA) is 86.3 Å². The van der Waals surface area contributed by atoms with E-state index in [9.17, 15) is 9.59 Å². The Morgan fingerprint density at radius 1 is 0.862 bits per heavy atom. The van der Waals surface area contributed by atoms with Crippen LogP contribution in [0, 0.1) is 5.92 Å². The number of nitrogens with one attached hydrogen (secondary N) is 1. The third-order valence-electron chi connectivity index (χ3n) is 5.14. The summed E-state index contributed by atoms with van der Waals surface area (Å²) >= 11 is 0. The van der Waals surface area contributed by atoms with E-state index in [1.54, 1.807) is 35.2 Å². The number of fused-ring (bicyclic) bond motifs is 2. The van der Waals surface area contributed by atoms with Crippen LogP contribution in [0.25, 0.3) is 0 Å². The quantitative estimate of drug-likeness (QED) is 0.856. The molecule has 29 heavy (non-hydrogen) atoms. The van der Waals surface area contributed by atoms with Crippen molar-refractivity contribution in [1.82, 2.24) is 0 Å². The average molecular weight is 396 g/mol. The summed E-state index contributed by atoms with van der Waals surface area (Å²) in [6, 6.07) is 10.7. The fourth-order valence-corrected chi connectivity index (χ4v) is 3.70. The van der Waals surface area contributed by atoms with E-state index in [2.05, 4.69) is 5.32 Å². The van der Waals surface area contributed by atoms with Gasteiger partial charge in [0.15, 0.2) is 23.0 Å². The number of hydrogen-bond donors (Lipinski definition) is 1. The molecule has 5 rings (SSSR count). The maximum atomic E-state index is 12.7. The Hall–Kier alpha value is -3.42. The number of anilines is 2. The minimum absolute atomic E-state index is 0.0935. The fraction of sp³-hybridized carbons (Fsp3) is 0.333. The molecule has 3 heterocycles. The van der Waals surface area contributed by atoms with Gasteiger partial charge in [-0.25, -0.2) is 0 Å². The largest absolute Gasteiger partial charge is 0.486 e. The predicted molar refractivity (Wildman–Crippen MR) is 104 cm³/mol. The molecule has 0 unspecified atom stereocenters. The van der Waals surface area contributed by atoms with Crippen LogP contribution >= 0.6 is 0 Å². The van der Waals surface area contributed by atoms with E-state index >= 15 is 0 Å². The summed E-state index contributed by atoms with van der Waals surface area (Å²) in [5, 5.41) is 2.88. The van der Waals surface area contributed by atoms with E-state index in [1.165, 1.54) is 0 Å². The molecular formula is C21H20N2O6. The summed E-state index contributed by atoms with van der Waals surface area (Å²) in [5.41, 5.74) is 1.32. The van der Waals surface area contributed by atoms with Gasteiger partial charge in [0.1, 0.15) is 26.4 Å². The lowest BCUT2D eigenvalue weighted by atomic mass is 10.1. The van der Waals surface area contributed by atoms with Gasteiger partial charge >= 0.3 is 0 Å². The van der Waals surface area contributed by atoms with Gasteiger partial charge in [-0.3, -0.25) is 9.59 Å². The van der Waals surface area contributed by atoms with Crippen LogP contribution < -0.4 is 29.2 Å². The van der Waals surface area contributed by atoms with Crippen molar-refractivity contribution >= 4 is 23.2 Å². The van der Waals surface area contributed by atoms with Gasteiger partial charge in [-0.15, -0.1) is 0 Å². The SMILES string of the molecule is O=C(Nc1ccc2c(c1)OCCO2)[C@@H]1CC(=O)N(c2ccc3c(c2)OCCO3)C1. The molecule has 8 nitrogen and oxygen atoms in total. The zero-order chi connectivity index (χ0) is 19.8. The van der Waals surface area contributed by atoms with Gasteiger partial charge in [0.25, 0.3) is 0 Å². The van der Waals surface area contributed by atoms with Crippen LogP contribution in [0.2, 0.25) is 0 Å². The molecule has 0 saturated carbocycles. The van der Waals surface area contributed by atoms with Gasteiger partial charge < -0.3 is 29.2 Å². The third-order valence-corrected chi connectivity index (χ3v) is 5.14. The van der Waals surface area contributed by atoms with Gasteiger partial charge in [-0.05, 0) is 24.3 Å². The van der Waals surface area contributed by atoms with Crippen molar-refractivity contribution in [3.05, 3.63) is 36.4 Å². The molecule has 3 aliphatic heterocycles. The minimum atomic E-state index is -0.441. The summed E-state index contributed by atoms with van der Waals surface area (Å²) in [6.07, 6.45) is 0.158. The van der Waals surface area contributed by atoms with Crippen LogP contribution in [-0.4, -0.2) is 44.8 Å². The lowest BCUT2D eigenvalue weighted by Gasteiger charge is -2.22. The van der Waals surface area contributed by atoms with Crippen LogP contribution in [0.4, 0.5) is 11.4 Å². The first-order chi connectivity index (χ1) is 14.2. The maximum absolute atomic E-state index is 12.7. The smallest absolute Gasteiger partial charge is 0.229 e. The van der Waals surface area contributed by atoms with E-state index in [0.717, 1.165) is 0 Å². The van der Waals surface area contributed by atoms with Crippen molar-refractivity contribution in [2.24, 2.45) is 5.92 Å². The van der Waals surface area contributed by atoms with Crippen molar-refractivity contribution in [2.45, 2.75) is 6.42 Å². The summed E-state index contributed by atoms with van der Waals surface area (Å²) < 4.78 is 22.2. The molecule has 1 fully saturated rings. The molecule has 1 N–H and O–H groups in total. The van der Waals surface area contributed by atoms with Crippen LogP contribution in [0.15, 0.2) is 36.4 Å². The Bertz CT molecular complexity index is 976. The number of amides is 2. The summed E-state index contributed by atoms with van der Waals surface area (Å²) in [6.45, 7) is 2.29. The van der Waals surface area contributed by atoms with Gasteiger partial charge in [0.05, 0.1) is 5.92 Å². The summed E-state index contributed by atoms with van der Waals surface area (Å²) in [5.74, 6) is 1.82. The molecule has 1 atom stereocenters. The van der Waals surface area contributed by atoms with E-state index in [0.29, 0.717) is 67.3 Å². The van der Waals surface area contributed by atoms with Crippen molar-refractivity contribution in [3.8, 4) is 23.0 Å². The highest BCUT2D eigenvalue weighted by Crippen LogP contribution is 2.36. The van der Waals surface area contributed by atoms with Crippen molar-refractivity contribution < 1.29 is 28.5 Å². The Kier molecular flexibility index (Phi) is 4.38. The minimum Gasteiger partial charge on any atom is -0.486 e. The van der Waals surface area contributed by atoms with Crippen LogP contribution in [-0.2, 0) is 9.59 Å². The summed E-state index contributed by atoms with van der Waals surface area (Å²) in [4.78, 5) is 26.9. The number of carbonyl (C=O) groups excluding carboxylic acids is 2. The van der Waals surface area contributed by atoms with E-state index in [4.69, 9.17) is 18.9 Å². The Morgan fingerprint density at radius 2 is 1.48 bits per heavy atom. The monoisotopic (exact) mass is 396 g/mol. The van der Waals surface area contributed by atoms with Crippen molar-refractivity contribution in [1.29, 1.82) is 0 Å². The summed E-state index contributed by atoms with van der Waals surface area (Å²) in [7, 11) is 0. The highest BCUT2D eigenvalue weighted by Gasteiger charge is 2.35. The standard InChI is InChI=1S/C21H20N2O6/c24-20-9-13(12-23(20)15-2-4-17-19(11-15)29-8-6-27-17)21(25)22-14-1-3-16-18(10-14)28-7-5-26-16/h1-4,10-11,13H,5-9,12H2,(H,22,25)/t13-/m1/s1. The molecule has 150 valence electrons. The van der Waals surface area contributed by atoms with Crippen LogP contribution in [0.1, 0.15) is 6.42 Å². The number of hydrogen-bond acceptors (Lipinski definition) is 6. The van der Waals surface area contributed by atoms with Gasteiger partial charge in [0, 0.05) is 36.5 Å². The number of carbonyl (C=O) groups is 2. The predicted octanol–water partition coefficient (Wildman–Crippen LogP) is 2.22. The second-order valence-electron chi connectivity index (χ2n) is 7.08. The van der Waals surface area contributed by atoms with Gasteiger partial charge in [-0.2, -0.15) is 0 Å². The first kappa shape index (κ1) is 17.7.